The van der Waals surface area contributed by atoms with Gasteiger partial charge in [0, 0.05) is 22.0 Å². The van der Waals surface area contributed by atoms with Gasteiger partial charge in [0.05, 0.1) is 5.69 Å². The Morgan fingerprint density at radius 2 is 1.92 bits per heavy atom. The fourth-order valence-corrected chi connectivity index (χ4v) is 3.71. The third kappa shape index (κ3) is 3.39. The maximum Gasteiger partial charge on any atom is 0.279 e. The first-order valence-electron chi connectivity index (χ1n) is 7.22. The Labute approximate surface area is 151 Å². The van der Waals surface area contributed by atoms with Gasteiger partial charge in [-0.25, -0.2) is 4.39 Å². The number of nitrogens with zero attached hydrogens (tertiary/aromatic N) is 2. The van der Waals surface area contributed by atoms with E-state index in [9.17, 15) is 9.18 Å². The summed E-state index contributed by atoms with van der Waals surface area (Å²) in [7, 11) is 1.87. The van der Waals surface area contributed by atoms with Crippen LogP contribution in [0.25, 0.3) is 11.3 Å². The smallest absolute Gasteiger partial charge is 0.279 e. The lowest BCUT2D eigenvalue weighted by molar-refractivity contribution is 0.0997. The average molecular weight is 405 g/mol. The monoisotopic (exact) mass is 404 g/mol. The normalized spacial score (nSPS) is 11.8. The summed E-state index contributed by atoms with van der Waals surface area (Å²) in [6, 6.07) is 13.5. The predicted octanol–water partition coefficient (Wildman–Crippen LogP) is 4.70. The van der Waals surface area contributed by atoms with E-state index < -0.39 is 11.7 Å². The summed E-state index contributed by atoms with van der Waals surface area (Å²) in [5.41, 5.74) is 2.30. The SMILES string of the molecule is Cc1sc(=NC(=O)c2cccc(F)c2)n(C)c1-c1ccc(Br)cc1. The third-order valence-electron chi connectivity index (χ3n) is 3.59. The van der Waals surface area contributed by atoms with Crippen molar-refractivity contribution in [3.8, 4) is 11.3 Å². The minimum absolute atomic E-state index is 0.242. The molecule has 122 valence electrons. The first-order chi connectivity index (χ1) is 11.5. The lowest BCUT2D eigenvalue weighted by Crippen LogP contribution is -2.14. The third-order valence-corrected chi connectivity index (χ3v) is 5.16. The van der Waals surface area contributed by atoms with Gasteiger partial charge in [0.1, 0.15) is 5.82 Å². The van der Waals surface area contributed by atoms with Crippen molar-refractivity contribution in [2.75, 3.05) is 0 Å². The van der Waals surface area contributed by atoms with Crippen molar-refractivity contribution in [1.29, 1.82) is 0 Å². The van der Waals surface area contributed by atoms with Crippen LogP contribution in [0, 0.1) is 12.7 Å². The molecule has 0 aliphatic rings. The van der Waals surface area contributed by atoms with Gasteiger partial charge in [0.25, 0.3) is 5.91 Å². The standard InChI is InChI=1S/C18H14BrFN2OS/c1-11-16(12-6-8-14(19)9-7-12)22(2)18(24-11)21-17(23)13-4-3-5-15(20)10-13/h3-10H,1-2H3. The van der Waals surface area contributed by atoms with Crippen LogP contribution in [-0.4, -0.2) is 10.5 Å². The summed E-state index contributed by atoms with van der Waals surface area (Å²) in [5, 5.41) is 0. The Balaban J connectivity index is 2.05. The van der Waals surface area contributed by atoms with E-state index in [2.05, 4.69) is 20.9 Å². The van der Waals surface area contributed by atoms with Crippen LogP contribution < -0.4 is 4.80 Å². The second-order valence-electron chi connectivity index (χ2n) is 5.28. The maximum atomic E-state index is 13.3. The quantitative estimate of drug-likeness (QED) is 0.609. The van der Waals surface area contributed by atoms with Gasteiger partial charge in [-0.3, -0.25) is 4.79 Å². The van der Waals surface area contributed by atoms with E-state index in [1.54, 1.807) is 6.07 Å². The first-order valence-corrected chi connectivity index (χ1v) is 8.83. The molecule has 0 saturated heterocycles. The van der Waals surface area contributed by atoms with Crippen LogP contribution in [0.15, 0.2) is 58.0 Å². The van der Waals surface area contributed by atoms with Crippen molar-refractivity contribution < 1.29 is 9.18 Å². The molecule has 1 aromatic heterocycles. The lowest BCUT2D eigenvalue weighted by atomic mass is 10.1. The summed E-state index contributed by atoms with van der Waals surface area (Å²) in [6.07, 6.45) is 0. The fourth-order valence-electron chi connectivity index (χ4n) is 2.46. The Kier molecular flexibility index (Phi) is 4.78. The van der Waals surface area contributed by atoms with E-state index in [1.807, 2.05) is 42.8 Å². The van der Waals surface area contributed by atoms with E-state index >= 15 is 0 Å². The second-order valence-corrected chi connectivity index (χ2v) is 7.38. The van der Waals surface area contributed by atoms with Crippen LogP contribution in [-0.2, 0) is 7.05 Å². The molecule has 0 saturated carbocycles. The topological polar surface area (TPSA) is 34.4 Å². The minimum atomic E-state index is -0.450. The summed E-state index contributed by atoms with van der Waals surface area (Å²) >= 11 is 4.86. The molecule has 3 rings (SSSR count). The molecule has 0 bridgehead atoms. The van der Waals surface area contributed by atoms with Crippen molar-refractivity contribution in [3.05, 3.63) is 74.1 Å². The fraction of sp³-hybridized carbons (Fsp3) is 0.111. The highest BCUT2D eigenvalue weighted by molar-refractivity contribution is 9.10. The summed E-state index contributed by atoms with van der Waals surface area (Å²) in [6.45, 7) is 1.99. The largest absolute Gasteiger partial charge is 0.319 e. The number of carbonyl (C=O) groups excluding carboxylic acids is 1. The van der Waals surface area contributed by atoms with E-state index in [-0.39, 0.29) is 5.56 Å². The van der Waals surface area contributed by atoms with E-state index in [0.717, 1.165) is 20.6 Å². The Morgan fingerprint density at radius 1 is 1.21 bits per heavy atom. The lowest BCUT2D eigenvalue weighted by Gasteiger charge is -2.04. The molecule has 1 amide bonds. The van der Waals surface area contributed by atoms with Gasteiger partial charge in [-0.15, -0.1) is 11.3 Å². The Bertz CT molecular complexity index is 973. The van der Waals surface area contributed by atoms with Gasteiger partial charge in [-0.05, 0) is 42.8 Å². The molecule has 0 N–H and O–H groups in total. The number of amides is 1. The number of aromatic nitrogens is 1. The molecule has 2 aromatic carbocycles. The summed E-state index contributed by atoms with van der Waals surface area (Å²) < 4.78 is 16.2. The average Bonchev–Trinajstić information content (AvgIpc) is 2.82. The number of hydrogen-bond acceptors (Lipinski definition) is 2. The highest BCUT2D eigenvalue weighted by Gasteiger charge is 2.12. The zero-order valence-corrected chi connectivity index (χ0v) is 15.5. The number of benzene rings is 2. The number of thiazole rings is 1. The van der Waals surface area contributed by atoms with Gasteiger partial charge < -0.3 is 4.57 Å². The molecule has 0 aliphatic heterocycles. The van der Waals surface area contributed by atoms with Crippen LogP contribution >= 0.6 is 27.3 Å². The van der Waals surface area contributed by atoms with Crippen LogP contribution in [0.1, 0.15) is 15.2 Å². The van der Waals surface area contributed by atoms with Crippen LogP contribution in [0.4, 0.5) is 4.39 Å². The van der Waals surface area contributed by atoms with Crippen LogP contribution in [0.3, 0.4) is 0 Å². The number of hydrogen-bond donors (Lipinski definition) is 0. The predicted molar refractivity (Wildman–Crippen MR) is 97.5 cm³/mol. The van der Waals surface area contributed by atoms with Crippen molar-refractivity contribution in [2.45, 2.75) is 6.92 Å². The molecular formula is C18H14BrFN2OS. The molecule has 1 heterocycles. The molecule has 6 heteroatoms. The molecule has 0 atom stereocenters. The zero-order chi connectivity index (χ0) is 17.3. The van der Waals surface area contributed by atoms with Crippen molar-refractivity contribution in [1.82, 2.24) is 4.57 Å². The number of carbonyl (C=O) groups is 1. The molecule has 0 radical (unpaired) electrons. The molecule has 24 heavy (non-hydrogen) atoms. The summed E-state index contributed by atoms with van der Waals surface area (Å²) in [4.78, 5) is 18.1. The molecule has 3 aromatic rings. The molecule has 0 unspecified atom stereocenters. The molecule has 0 fully saturated rings. The highest BCUT2D eigenvalue weighted by atomic mass is 79.9. The molecule has 0 aliphatic carbocycles. The van der Waals surface area contributed by atoms with Crippen molar-refractivity contribution in [2.24, 2.45) is 12.0 Å². The van der Waals surface area contributed by atoms with Crippen LogP contribution in [0.2, 0.25) is 0 Å². The van der Waals surface area contributed by atoms with Gasteiger partial charge in [0.2, 0.25) is 0 Å². The number of aryl methyl sites for hydroxylation is 1. The maximum absolute atomic E-state index is 13.3. The van der Waals surface area contributed by atoms with E-state index in [0.29, 0.717) is 4.80 Å². The first kappa shape index (κ1) is 16.8. The van der Waals surface area contributed by atoms with Crippen LogP contribution in [0.5, 0.6) is 0 Å². The second kappa shape index (κ2) is 6.83. The molecule has 0 spiro atoms. The molecule has 3 nitrogen and oxygen atoms in total. The van der Waals surface area contributed by atoms with E-state index in [1.165, 1.54) is 29.5 Å². The number of halogens is 2. The highest BCUT2D eigenvalue weighted by Crippen LogP contribution is 2.25. The van der Waals surface area contributed by atoms with Gasteiger partial charge >= 0.3 is 0 Å². The summed E-state index contributed by atoms with van der Waals surface area (Å²) in [5.74, 6) is -0.896. The van der Waals surface area contributed by atoms with Gasteiger partial charge in [0.15, 0.2) is 4.80 Å². The zero-order valence-electron chi connectivity index (χ0n) is 13.1. The van der Waals surface area contributed by atoms with Crippen molar-refractivity contribution in [3.63, 3.8) is 0 Å². The van der Waals surface area contributed by atoms with Gasteiger partial charge in [-0.2, -0.15) is 4.99 Å². The minimum Gasteiger partial charge on any atom is -0.319 e. The Morgan fingerprint density at radius 3 is 2.58 bits per heavy atom. The number of rotatable bonds is 2. The van der Waals surface area contributed by atoms with Crippen molar-refractivity contribution >= 4 is 33.2 Å². The Hall–Kier alpha value is -2.05. The van der Waals surface area contributed by atoms with E-state index in [4.69, 9.17) is 0 Å². The molecular weight excluding hydrogens is 391 g/mol. The van der Waals surface area contributed by atoms with Gasteiger partial charge in [-0.1, -0.05) is 34.1 Å².